The quantitative estimate of drug-likeness (QED) is 0.616. The van der Waals surface area contributed by atoms with Crippen LogP contribution in [0.1, 0.15) is 16.2 Å². The van der Waals surface area contributed by atoms with E-state index < -0.39 is 0 Å². The summed E-state index contributed by atoms with van der Waals surface area (Å²) in [6, 6.07) is 0. The normalized spacial score (nSPS) is 10.1. The second-order valence-electron chi connectivity index (χ2n) is 3.57. The lowest BCUT2D eigenvalue weighted by Gasteiger charge is -2.15. The van der Waals surface area contributed by atoms with Crippen molar-refractivity contribution in [2.45, 2.75) is 6.54 Å². The Morgan fingerprint density at radius 2 is 2.39 bits per heavy atom. The van der Waals surface area contributed by atoms with Gasteiger partial charge in [-0.2, -0.15) is 0 Å². The van der Waals surface area contributed by atoms with Gasteiger partial charge in [-0.3, -0.25) is 9.78 Å². The van der Waals surface area contributed by atoms with Gasteiger partial charge in [0.1, 0.15) is 5.69 Å². The van der Waals surface area contributed by atoms with Crippen LogP contribution in [-0.2, 0) is 6.54 Å². The molecule has 2 rings (SSSR count). The molecule has 0 saturated carbocycles. The number of anilines is 1. The van der Waals surface area contributed by atoms with Crippen LogP contribution in [0, 0.1) is 0 Å². The minimum absolute atomic E-state index is 0.229. The van der Waals surface area contributed by atoms with Crippen molar-refractivity contribution in [2.24, 2.45) is 5.84 Å². The predicted molar refractivity (Wildman–Crippen MR) is 67.8 cm³/mol. The van der Waals surface area contributed by atoms with Crippen molar-refractivity contribution in [3.63, 3.8) is 0 Å². The molecule has 2 aromatic heterocycles. The fraction of sp³-hybridized carbons (Fsp3) is 0.200. The molecule has 2 aromatic rings. The lowest BCUT2D eigenvalue weighted by Crippen LogP contribution is -2.27. The Bertz CT molecular complexity index is 529. The number of carbonyl (C=O) groups excluding carboxylic acids is 1. The Balaban J connectivity index is 2.10. The molecule has 18 heavy (non-hydrogen) atoms. The summed E-state index contributed by atoms with van der Waals surface area (Å²) in [5.74, 6) is 5.34. The summed E-state index contributed by atoms with van der Waals surface area (Å²) in [6.07, 6.45) is 2.85. The zero-order valence-electron chi connectivity index (χ0n) is 9.70. The van der Waals surface area contributed by atoms with Gasteiger partial charge in [0, 0.05) is 12.4 Å². The zero-order valence-corrected chi connectivity index (χ0v) is 10.5. The summed E-state index contributed by atoms with van der Waals surface area (Å²) in [5, 5.41) is 1.90. The third kappa shape index (κ3) is 2.79. The van der Waals surface area contributed by atoms with Gasteiger partial charge >= 0.3 is 0 Å². The van der Waals surface area contributed by atoms with Crippen LogP contribution in [0.3, 0.4) is 0 Å². The third-order valence-electron chi connectivity index (χ3n) is 2.23. The molecule has 0 aliphatic heterocycles. The Morgan fingerprint density at radius 3 is 3.06 bits per heavy atom. The van der Waals surface area contributed by atoms with Crippen molar-refractivity contribution < 1.29 is 4.79 Å². The lowest BCUT2D eigenvalue weighted by molar-refractivity contribution is 0.0777. The van der Waals surface area contributed by atoms with Crippen molar-refractivity contribution in [1.29, 1.82) is 0 Å². The Hall–Kier alpha value is -2.06. The number of amides is 1. The predicted octanol–water partition coefficient (Wildman–Crippen LogP) is 0.491. The molecule has 0 radical (unpaired) electrons. The summed E-state index contributed by atoms with van der Waals surface area (Å²) >= 11 is 1.49. The van der Waals surface area contributed by atoms with Gasteiger partial charge in [-0.25, -0.2) is 15.8 Å². The zero-order chi connectivity index (χ0) is 13.0. The molecule has 2 heterocycles. The van der Waals surface area contributed by atoms with Crippen molar-refractivity contribution in [3.8, 4) is 0 Å². The van der Waals surface area contributed by atoms with E-state index in [-0.39, 0.29) is 11.6 Å². The molecule has 0 fully saturated rings. The number of hydrogen-bond acceptors (Lipinski definition) is 7. The first-order valence-electron chi connectivity index (χ1n) is 5.12. The van der Waals surface area contributed by atoms with Gasteiger partial charge in [0.05, 0.1) is 30.1 Å². The van der Waals surface area contributed by atoms with E-state index in [9.17, 15) is 4.79 Å². The molecule has 94 valence electrons. The van der Waals surface area contributed by atoms with Crippen molar-refractivity contribution in [1.82, 2.24) is 19.9 Å². The van der Waals surface area contributed by atoms with Crippen LogP contribution >= 0.6 is 11.3 Å². The molecule has 0 saturated heterocycles. The molecular formula is C10H12N6OS. The van der Waals surface area contributed by atoms with E-state index >= 15 is 0 Å². The molecule has 0 bridgehead atoms. The number of nitrogens with zero attached hydrogens (tertiary/aromatic N) is 4. The number of hydrogen-bond donors (Lipinski definition) is 2. The smallest absolute Gasteiger partial charge is 0.274 e. The van der Waals surface area contributed by atoms with Crippen LogP contribution < -0.4 is 11.3 Å². The van der Waals surface area contributed by atoms with Crippen LogP contribution in [0.25, 0.3) is 0 Å². The summed E-state index contributed by atoms with van der Waals surface area (Å²) in [7, 11) is 1.69. The van der Waals surface area contributed by atoms with Gasteiger partial charge in [0.15, 0.2) is 5.82 Å². The van der Waals surface area contributed by atoms with Crippen LogP contribution in [0.4, 0.5) is 5.82 Å². The average Bonchev–Trinajstić information content (AvgIpc) is 2.90. The number of nitrogens with one attached hydrogen (secondary N) is 1. The molecule has 0 atom stereocenters. The second kappa shape index (κ2) is 5.52. The molecule has 7 nitrogen and oxygen atoms in total. The molecule has 8 heteroatoms. The number of carbonyl (C=O) groups is 1. The van der Waals surface area contributed by atoms with Gasteiger partial charge in [0.25, 0.3) is 5.91 Å². The van der Waals surface area contributed by atoms with E-state index in [1.807, 2.05) is 5.38 Å². The van der Waals surface area contributed by atoms with E-state index in [0.29, 0.717) is 12.4 Å². The second-order valence-corrected chi connectivity index (χ2v) is 4.29. The lowest BCUT2D eigenvalue weighted by atomic mass is 10.3. The number of thiazole rings is 1. The van der Waals surface area contributed by atoms with Crippen LogP contribution in [0.5, 0.6) is 0 Å². The summed E-state index contributed by atoms with van der Waals surface area (Å²) in [5.41, 5.74) is 5.16. The third-order valence-corrected chi connectivity index (χ3v) is 2.87. The van der Waals surface area contributed by atoms with E-state index in [1.165, 1.54) is 28.6 Å². The maximum atomic E-state index is 12.1. The molecule has 0 aliphatic carbocycles. The number of aromatic nitrogens is 3. The molecular weight excluding hydrogens is 252 g/mol. The molecule has 0 aliphatic rings. The number of rotatable bonds is 4. The minimum atomic E-state index is -0.229. The highest BCUT2D eigenvalue weighted by atomic mass is 32.1. The van der Waals surface area contributed by atoms with Crippen molar-refractivity contribution in [3.05, 3.63) is 34.7 Å². The van der Waals surface area contributed by atoms with E-state index in [1.54, 1.807) is 12.6 Å². The largest absolute Gasteiger partial charge is 0.334 e. The van der Waals surface area contributed by atoms with Crippen LogP contribution in [-0.4, -0.2) is 32.8 Å². The monoisotopic (exact) mass is 264 g/mol. The van der Waals surface area contributed by atoms with Gasteiger partial charge < -0.3 is 10.3 Å². The summed E-state index contributed by atoms with van der Waals surface area (Å²) in [6.45, 7) is 0.435. The number of hydrazine groups is 1. The first-order chi connectivity index (χ1) is 8.70. The highest BCUT2D eigenvalue weighted by Gasteiger charge is 2.15. The molecule has 3 N–H and O–H groups in total. The maximum Gasteiger partial charge on any atom is 0.274 e. The van der Waals surface area contributed by atoms with Crippen LogP contribution in [0.15, 0.2) is 23.3 Å². The standard InChI is InChI=1S/C10H12N6OS/c1-16(4-7-5-18-6-13-7)10(17)8-2-12-3-9(14-8)15-11/h2-3,5-6H,4,11H2,1H3,(H,14,15). The fourth-order valence-electron chi connectivity index (χ4n) is 1.36. The number of nitrogen functional groups attached to an aromatic ring is 1. The maximum absolute atomic E-state index is 12.1. The van der Waals surface area contributed by atoms with Gasteiger partial charge in [-0.15, -0.1) is 11.3 Å². The van der Waals surface area contributed by atoms with E-state index in [0.717, 1.165) is 5.69 Å². The first kappa shape index (κ1) is 12.4. The molecule has 0 spiro atoms. The molecule has 0 aromatic carbocycles. The summed E-state index contributed by atoms with van der Waals surface area (Å²) in [4.78, 5) is 25.6. The molecule has 0 unspecified atom stereocenters. The van der Waals surface area contributed by atoms with Crippen LogP contribution in [0.2, 0.25) is 0 Å². The van der Waals surface area contributed by atoms with Crippen molar-refractivity contribution in [2.75, 3.05) is 12.5 Å². The van der Waals surface area contributed by atoms with Crippen molar-refractivity contribution >= 4 is 23.1 Å². The average molecular weight is 264 g/mol. The molecule has 1 amide bonds. The highest BCUT2D eigenvalue weighted by molar-refractivity contribution is 7.07. The Labute approximate surface area is 108 Å². The Morgan fingerprint density at radius 1 is 1.56 bits per heavy atom. The minimum Gasteiger partial charge on any atom is -0.334 e. The van der Waals surface area contributed by atoms with Gasteiger partial charge in [0.2, 0.25) is 0 Å². The number of nitrogens with two attached hydrogens (primary N) is 1. The van der Waals surface area contributed by atoms with E-state index in [2.05, 4.69) is 20.4 Å². The summed E-state index contributed by atoms with van der Waals surface area (Å²) < 4.78 is 0. The first-order valence-corrected chi connectivity index (χ1v) is 6.06. The Kier molecular flexibility index (Phi) is 3.80. The highest BCUT2D eigenvalue weighted by Crippen LogP contribution is 2.08. The topological polar surface area (TPSA) is 97.0 Å². The van der Waals surface area contributed by atoms with Gasteiger partial charge in [-0.1, -0.05) is 0 Å². The van der Waals surface area contributed by atoms with E-state index in [4.69, 9.17) is 5.84 Å². The fourth-order valence-corrected chi connectivity index (χ4v) is 1.91. The van der Waals surface area contributed by atoms with Gasteiger partial charge in [-0.05, 0) is 0 Å². The SMILES string of the molecule is CN(Cc1cscn1)C(=O)c1cncc(NN)n1.